The number of benzene rings is 1. The van der Waals surface area contributed by atoms with Crippen LogP contribution in [0.5, 0.6) is 0 Å². The highest BCUT2D eigenvalue weighted by molar-refractivity contribution is 7.86. The Bertz CT molecular complexity index is 1220. The fourth-order valence-corrected chi connectivity index (χ4v) is 5.64. The Morgan fingerprint density at radius 3 is 2.38 bits per heavy atom. The van der Waals surface area contributed by atoms with Gasteiger partial charge in [-0.1, -0.05) is 37.3 Å². The predicted octanol–water partition coefficient (Wildman–Crippen LogP) is 4.73. The summed E-state index contributed by atoms with van der Waals surface area (Å²) in [7, 11) is -5.24. The largest absolute Gasteiger partial charge is 0.423 e. The Kier molecular flexibility index (Phi) is 9.25. The third kappa shape index (κ3) is 8.39. The predicted molar refractivity (Wildman–Crippen MR) is 137 cm³/mol. The summed E-state index contributed by atoms with van der Waals surface area (Å²) in [5.41, 5.74) is -2.01. The maximum Gasteiger partial charge on any atom is 0.423 e. The van der Waals surface area contributed by atoms with Gasteiger partial charge in [-0.2, -0.15) is 26.7 Å². The third-order valence-electron chi connectivity index (χ3n) is 6.22. The smallest absolute Gasteiger partial charge is 0.383 e. The summed E-state index contributed by atoms with van der Waals surface area (Å²) in [6, 6.07) is 7.16. The summed E-state index contributed by atoms with van der Waals surface area (Å²) in [4.78, 5) is 12.6. The molecule has 0 saturated heterocycles. The minimum absolute atomic E-state index is 0.00974. The van der Waals surface area contributed by atoms with E-state index in [1.807, 2.05) is 6.92 Å². The molecule has 3 rings (SSSR count). The maximum absolute atomic E-state index is 13.7. The second-order valence-corrected chi connectivity index (χ2v) is 18.0. The summed E-state index contributed by atoms with van der Waals surface area (Å²) < 4.78 is 77.0. The standard InChI is InChI=1S/C24H34F3N3O5SSi/c1-17-5-7-20(8-6-17)36(32,33)35-15-19-11-18(12-19)13-28-21-14-29-30(16-34-9-10-37(2,3)4)23(31)22(21)24(25,26)27/h5-8,14,18-19,28H,9-13,15-16H2,1-4H3/t18-,19-. The number of hydrogen-bond donors (Lipinski definition) is 1. The van der Waals surface area contributed by atoms with Crippen LogP contribution in [0.25, 0.3) is 0 Å². The van der Waals surface area contributed by atoms with Crippen molar-refractivity contribution < 1.29 is 30.5 Å². The summed E-state index contributed by atoms with van der Waals surface area (Å²) in [5.74, 6) is -0.00219. The molecule has 1 aromatic carbocycles. The first-order valence-corrected chi connectivity index (χ1v) is 17.2. The summed E-state index contributed by atoms with van der Waals surface area (Å²) >= 11 is 0. The van der Waals surface area contributed by atoms with E-state index in [-0.39, 0.29) is 42.3 Å². The number of aromatic nitrogens is 2. The van der Waals surface area contributed by atoms with Gasteiger partial charge in [-0.05, 0) is 49.8 Å². The molecule has 0 radical (unpaired) electrons. The number of ether oxygens (including phenoxy) is 1. The molecule has 1 heterocycles. The van der Waals surface area contributed by atoms with Gasteiger partial charge in [-0.25, -0.2) is 4.68 Å². The lowest BCUT2D eigenvalue weighted by Gasteiger charge is -2.35. The summed E-state index contributed by atoms with van der Waals surface area (Å²) in [6.07, 6.45) is -2.68. The van der Waals surface area contributed by atoms with Crippen LogP contribution in [0.3, 0.4) is 0 Å². The second-order valence-electron chi connectivity index (χ2n) is 10.7. The van der Waals surface area contributed by atoms with Gasteiger partial charge in [0.15, 0.2) is 0 Å². The summed E-state index contributed by atoms with van der Waals surface area (Å²) in [6.45, 7) is 8.50. The van der Waals surface area contributed by atoms with E-state index in [0.717, 1.165) is 17.8 Å². The number of halogens is 3. The molecule has 0 amide bonds. The Morgan fingerprint density at radius 2 is 1.78 bits per heavy atom. The number of alkyl halides is 3. The molecule has 1 aliphatic rings. The molecule has 1 aliphatic carbocycles. The minimum atomic E-state index is -4.86. The molecule has 1 saturated carbocycles. The van der Waals surface area contributed by atoms with Gasteiger partial charge in [0.25, 0.3) is 15.7 Å². The van der Waals surface area contributed by atoms with E-state index >= 15 is 0 Å². The molecule has 1 aromatic heterocycles. The minimum Gasteiger partial charge on any atom is -0.383 e. The molecule has 8 nitrogen and oxygen atoms in total. The average Bonchev–Trinajstić information content (AvgIpc) is 2.75. The fraction of sp³-hybridized carbons (Fsp3) is 0.583. The van der Waals surface area contributed by atoms with Crippen molar-refractivity contribution in [3.8, 4) is 0 Å². The third-order valence-corrected chi connectivity index (χ3v) is 9.22. The van der Waals surface area contributed by atoms with E-state index in [1.54, 1.807) is 12.1 Å². The van der Waals surface area contributed by atoms with Crippen LogP contribution < -0.4 is 10.9 Å². The van der Waals surface area contributed by atoms with Crippen LogP contribution in [0.2, 0.25) is 25.7 Å². The Labute approximate surface area is 216 Å². The molecule has 0 atom stereocenters. The van der Waals surface area contributed by atoms with Crippen molar-refractivity contribution in [2.75, 3.05) is 25.1 Å². The second kappa shape index (κ2) is 11.7. The number of hydrogen-bond acceptors (Lipinski definition) is 7. The van der Waals surface area contributed by atoms with Crippen LogP contribution >= 0.6 is 0 Å². The highest BCUT2D eigenvalue weighted by Gasteiger charge is 2.39. The zero-order valence-electron chi connectivity index (χ0n) is 21.5. The van der Waals surface area contributed by atoms with Crippen LogP contribution in [0.1, 0.15) is 24.0 Å². The van der Waals surface area contributed by atoms with Crippen molar-refractivity contribution in [1.29, 1.82) is 0 Å². The van der Waals surface area contributed by atoms with E-state index in [2.05, 4.69) is 30.1 Å². The van der Waals surface area contributed by atoms with E-state index < -0.39 is 35.5 Å². The van der Waals surface area contributed by atoms with Crippen LogP contribution in [0.4, 0.5) is 18.9 Å². The van der Waals surface area contributed by atoms with Crippen LogP contribution in [0, 0.1) is 18.8 Å². The molecule has 0 aliphatic heterocycles. The molecule has 2 aromatic rings. The Balaban J connectivity index is 1.52. The van der Waals surface area contributed by atoms with Crippen LogP contribution in [0.15, 0.2) is 40.2 Å². The number of nitrogens with one attached hydrogen (secondary N) is 1. The normalized spacial score (nSPS) is 18.5. The lowest BCUT2D eigenvalue weighted by molar-refractivity contribution is -0.138. The van der Waals surface area contributed by atoms with Crippen molar-refractivity contribution in [2.24, 2.45) is 11.8 Å². The Morgan fingerprint density at radius 1 is 1.14 bits per heavy atom. The van der Waals surface area contributed by atoms with Crippen molar-refractivity contribution >= 4 is 23.9 Å². The molecule has 1 N–H and O–H groups in total. The molecule has 206 valence electrons. The van der Waals surface area contributed by atoms with E-state index in [9.17, 15) is 26.4 Å². The fourth-order valence-electron chi connectivity index (χ4n) is 3.91. The number of nitrogens with zero attached hydrogens (tertiary/aromatic N) is 2. The van der Waals surface area contributed by atoms with Gasteiger partial charge in [-0.15, -0.1) is 0 Å². The molecule has 37 heavy (non-hydrogen) atoms. The highest BCUT2D eigenvalue weighted by atomic mass is 32.2. The lowest BCUT2D eigenvalue weighted by Crippen LogP contribution is -2.35. The van der Waals surface area contributed by atoms with E-state index in [0.29, 0.717) is 24.1 Å². The van der Waals surface area contributed by atoms with Gasteiger partial charge in [-0.3, -0.25) is 8.98 Å². The molecular weight excluding hydrogens is 527 g/mol. The van der Waals surface area contributed by atoms with Gasteiger partial charge >= 0.3 is 6.18 Å². The lowest BCUT2D eigenvalue weighted by atomic mass is 9.75. The van der Waals surface area contributed by atoms with Crippen molar-refractivity contribution in [1.82, 2.24) is 9.78 Å². The first-order chi connectivity index (χ1) is 17.2. The SMILES string of the molecule is Cc1ccc(S(=O)(=O)OC[C@H]2C[C@H](CNc3cnn(COCC[Si](C)(C)C)c(=O)c3C(F)(F)F)C2)cc1. The van der Waals surface area contributed by atoms with Gasteiger partial charge < -0.3 is 10.1 Å². The molecule has 13 heteroatoms. The molecular formula is C24H34F3N3O5SSi. The maximum atomic E-state index is 13.7. The zero-order chi connectivity index (χ0) is 27.4. The Hall–Kier alpha value is -2.22. The van der Waals surface area contributed by atoms with Gasteiger partial charge in [0.2, 0.25) is 0 Å². The first-order valence-electron chi connectivity index (χ1n) is 12.1. The first kappa shape index (κ1) is 29.3. The molecule has 1 fully saturated rings. The van der Waals surface area contributed by atoms with Crippen LogP contribution in [-0.2, 0) is 31.9 Å². The number of anilines is 1. The zero-order valence-corrected chi connectivity index (χ0v) is 23.3. The van der Waals surface area contributed by atoms with E-state index in [1.165, 1.54) is 12.1 Å². The number of aryl methyl sites for hydroxylation is 1. The van der Waals surface area contributed by atoms with Crippen molar-refractivity contribution in [2.45, 2.75) is 63.3 Å². The summed E-state index contributed by atoms with van der Waals surface area (Å²) in [5, 5.41) is 6.57. The molecule has 0 unspecified atom stereocenters. The molecule has 0 bridgehead atoms. The van der Waals surface area contributed by atoms with Crippen LogP contribution in [-0.4, -0.2) is 46.0 Å². The quantitative estimate of drug-likeness (QED) is 0.227. The highest BCUT2D eigenvalue weighted by Crippen LogP contribution is 2.36. The monoisotopic (exact) mass is 561 g/mol. The van der Waals surface area contributed by atoms with Gasteiger partial charge in [0.05, 0.1) is 23.4 Å². The topological polar surface area (TPSA) is 99.5 Å². The van der Waals surface area contributed by atoms with Crippen molar-refractivity contribution in [3.63, 3.8) is 0 Å². The van der Waals surface area contributed by atoms with Crippen molar-refractivity contribution in [3.05, 3.63) is 51.9 Å². The average molecular weight is 562 g/mol. The number of rotatable bonds is 12. The molecule has 0 spiro atoms. The van der Waals surface area contributed by atoms with Gasteiger partial charge in [0, 0.05) is 21.2 Å². The van der Waals surface area contributed by atoms with E-state index in [4.69, 9.17) is 8.92 Å². The van der Waals surface area contributed by atoms with Gasteiger partial charge in [0.1, 0.15) is 12.3 Å².